The van der Waals surface area contributed by atoms with Gasteiger partial charge >= 0.3 is 0 Å². The van der Waals surface area contributed by atoms with E-state index in [1.165, 1.54) is 0 Å². The lowest BCUT2D eigenvalue weighted by atomic mass is 10.3. The predicted octanol–water partition coefficient (Wildman–Crippen LogP) is 2.96. The van der Waals surface area contributed by atoms with Crippen LogP contribution >= 0.6 is 11.6 Å². The lowest BCUT2D eigenvalue weighted by Gasteiger charge is -2.05. The van der Waals surface area contributed by atoms with Crippen molar-refractivity contribution in [3.05, 3.63) is 41.7 Å². The summed E-state index contributed by atoms with van der Waals surface area (Å²) in [5.41, 5.74) is 0. The molecular weight excluding hydrogens is 226 g/mol. The predicted molar refractivity (Wildman–Crippen MR) is 63.1 cm³/mol. The molecule has 2 aromatic rings. The minimum Gasteiger partial charge on any atom is -0.437 e. The van der Waals surface area contributed by atoms with Gasteiger partial charge in [-0.15, -0.1) is 0 Å². The minimum absolute atomic E-state index is 0.439. The van der Waals surface area contributed by atoms with Gasteiger partial charge in [-0.1, -0.05) is 11.6 Å². The monoisotopic (exact) mass is 235 g/mol. The summed E-state index contributed by atoms with van der Waals surface area (Å²) < 4.78 is 5.50. The van der Waals surface area contributed by atoms with Crippen LogP contribution in [0, 0.1) is 0 Å². The molecule has 0 spiro atoms. The summed E-state index contributed by atoms with van der Waals surface area (Å²) >= 11 is 5.77. The van der Waals surface area contributed by atoms with Gasteiger partial charge in [-0.3, -0.25) is 4.98 Å². The third kappa shape index (κ3) is 2.61. The number of anilines is 1. The van der Waals surface area contributed by atoms with E-state index in [4.69, 9.17) is 16.3 Å². The molecule has 1 N–H and O–H groups in total. The Morgan fingerprint density at radius 1 is 1.19 bits per heavy atom. The number of ether oxygens (including phenoxy) is 1. The van der Waals surface area contributed by atoms with E-state index in [0.29, 0.717) is 22.5 Å². The van der Waals surface area contributed by atoms with Crippen LogP contribution in [0.15, 0.2) is 36.7 Å². The van der Waals surface area contributed by atoms with Crippen molar-refractivity contribution in [2.75, 3.05) is 12.4 Å². The fraction of sp³-hybridized carbons (Fsp3) is 0.0909. The first-order chi connectivity index (χ1) is 7.78. The smallest absolute Gasteiger partial charge is 0.239 e. The molecule has 0 saturated carbocycles. The molecule has 4 nitrogen and oxygen atoms in total. The van der Waals surface area contributed by atoms with Gasteiger partial charge in [0.15, 0.2) is 0 Å². The van der Waals surface area contributed by atoms with E-state index in [9.17, 15) is 0 Å². The lowest BCUT2D eigenvalue weighted by molar-refractivity contribution is 0.461. The van der Waals surface area contributed by atoms with Gasteiger partial charge in [0.05, 0.1) is 12.4 Å². The van der Waals surface area contributed by atoms with Crippen molar-refractivity contribution in [1.29, 1.82) is 0 Å². The topological polar surface area (TPSA) is 47.0 Å². The SMILES string of the molecule is CNc1cncc(Oc2ccc(Cl)cc2)n1. The van der Waals surface area contributed by atoms with E-state index in [1.54, 1.807) is 43.7 Å². The molecule has 16 heavy (non-hydrogen) atoms. The maximum Gasteiger partial charge on any atom is 0.239 e. The summed E-state index contributed by atoms with van der Waals surface area (Å²) in [6, 6.07) is 7.06. The number of rotatable bonds is 3. The highest BCUT2D eigenvalue weighted by atomic mass is 35.5. The fourth-order valence-corrected chi connectivity index (χ4v) is 1.27. The van der Waals surface area contributed by atoms with Crippen molar-refractivity contribution in [1.82, 2.24) is 9.97 Å². The molecule has 0 aliphatic rings. The van der Waals surface area contributed by atoms with Gasteiger partial charge in [-0.2, -0.15) is 4.98 Å². The fourth-order valence-electron chi connectivity index (χ4n) is 1.14. The Hall–Kier alpha value is -1.81. The number of aromatic nitrogens is 2. The van der Waals surface area contributed by atoms with E-state index in [-0.39, 0.29) is 0 Å². The van der Waals surface area contributed by atoms with Crippen LogP contribution in [0.25, 0.3) is 0 Å². The van der Waals surface area contributed by atoms with E-state index < -0.39 is 0 Å². The van der Waals surface area contributed by atoms with E-state index in [1.807, 2.05) is 0 Å². The van der Waals surface area contributed by atoms with Crippen LogP contribution in [0.5, 0.6) is 11.6 Å². The zero-order valence-corrected chi connectivity index (χ0v) is 9.40. The highest BCUT2D eigenvalue weighted by molar-refractivity contribution is 6.30. The molecule has 1 heterocycles. The Morgan fingerprint density at radius 3 is 2.62 bits per heavy atom. The van der Waals surface area contributed by atoms with Gasteiger partial charge in [0.2, 0.25) is 5.88 Å². The lowest BCUT2D eigenvalue weighted by Crippen LogP contribution is -1.95. The van der Waals surface area contributed by atoms with Gasteiger partial charge in [-0.25, -0.2) is 0 Å². The first kappa shape index (κ1) is 10.7. The maximum absolute atomic E-state index is 5.77. The van der Waals surface area contributed by atoms with Gasteiger partial charge in [0.25, 0.3) is 0 Å². The van der Waals surface area contributed by atoms with Crippen LogP contribution in [-0.2, 0) is 0 Å². The molecule has 0 aliphatic heterocycles. The molecule has 0 radical (unpaired) electrons. The number of hydrogen-bond acceptors (Lipinski definition) is 4. The van der Waals surface area contributed by atoms with Crippen LogP contribution in [0.2, 0.25) is 5.02 Å². The van der Waals surface area contributed by atoms with Crippen LogP contribution in [-0.4, -0.2) is 17.0 Å². The third-order valence-electron chi connectivity index (χ3n) is 1.90. The molecule has 0 bridgehead atoms. The number of hydrogen-bond donors (Lipinski definition) is 1. The summed E-state index contributed by atoms with van der Waals surface area (Å²) in [5, 5.41) is 3.56. The quantitative estimate of drug-likeness (QED) is 0.889. The van der Waals surface area contributed by atoms with Gasteiger partial charge in [0, 0.05) is 12.1 Å². The molecule has 0 saturated heterocycles. The van der Waals surface area contributed by atoms with E-state index in [0.717, 1.165) is 0 Å². The zero-order chi connectivity index (χ0) is 11.4. The summed E-state index contributed by atoms with van der Waals surface area (Å²) in [4.78, 5) is 8.17. The van der Waals surface area contributed by atoms with Crippen LogP contribution in [0.1, 0.15) is 0 Å². The Labute approximate surface area is 98.3 Å². The second-order valence-corrected chi connectivity index (χ2v) is 3.48. The first-order valence-electron chi connectivity index (χ1n) is 4.71. The Kier molecular flexibility index (Phi) is 3.22. The number of benzene rings is 1. The normalized spacial score (nSPS) is 9.88. The van der Waals surface area contributed by atoms with Gasteiger partial charge in [0.1, 0.15) is 11.6 Å². The van der Waals surface area contributed by atoms with Gasteiger partial charge < -0.3 is 10.1 Å². The molecule has 0 amide bonds. The second kappa shape index (κ2) is 4.81. The molecule has 1 aromatic heterocycles. The Morgan fingerprint density at radius 2 is 1.94 bits per heavy atom. The highest BCUT2D eigenvalue weighted by Crippen LogP contribution is 2.21. The number of nitrogens with zero attached hydrogens (tertiary/aromatic N) is 2. The molecule has 1 aromatic carbocycles. The second-order valence-electron chi connectivity index (χ2n) is 3.05. The van der Waals surface area contributed by atoms with Crippen molar-refractivity contribution in [2.45, 2.75) is 0 Å². The van der Waals surface area contributed by atoms with Crippen LogP contribution in [0.4, 0.5) is 5.82 Å². The summed E-state index contributed by atoms with van der Waals surface area (Å²) in [6.45, 7) is 0. The molecule has 0 unspecified atom stereocenters. The Bertz CT molecular complexity index is 473. The third-order valence-corrected chi connectivity index (χ3v) is 2.16. The highest BCUT2D eigenvalue weighted by Gasteiger charge is 2.00. The minimum atomic E-state index is 0.439. The van der Waals surface area contributed by atoms with Crippen LogP contribution < -0.4 is 10.1 Å². The van der Waals surface area contributed by atoms with Crippen molar-refractivity contribution in [3.63, 3.8) is 0 Å². The summed E-state index contributed by atoms with van der Waals surface area (Å²) in [5.74, 6) is 1.77. The van der Waals surface area contributed by atoms with Crippen molar-refractivity contribution < 1.29 is 4.74 Å². The zero-order valence-electron chi connectivity index (χ0n) is 8.64. The molecule has 0 atom stereocenters. The summed E-state index contributed by atoms with van der Waals surface area (Å²) in [6.07, 6.45) is 3.17. The van der Waals surface area contributed by atoms with Gasteiger partial charge in [-0.05, 0) is 24.3 Å². The first-order valence-corrected chi connectivity index (χ1v) is 5.09. The average Bonchev–Trinajstić information content (AvgIpc) is 2.32. The molecule has 2 rings (SSSR count). The number of halogens is 1. The average molecular weight is 236 g/mol. The number of nitrogens with one attached hydrogen (secondary N) is 1. The van der Waals surface area contributed by atoms with Crippen LogP contribution in [0.3, 0.4) is 0 Å². The molecule has 5 heteroatoms. The standard InChI is InChI=1S/C11H10ClN3O/c1-13-10-6-14-7-11(15-10)16-9-4-2-8(12)3-5-9/h2-7H,1H3,(H,13,15). The maximum atomic E-state index is 5.77. The van der Waals surface area contributed by atoms with Crippen molar-refractivity contribution in [2.24, 2.45) is 0 Å². The molecular formula is C11H10ClN3O. The summed E-state index contributed by atoms with van der Waals surface area (Å²) in [7, 11) is 1.77. The largest absolute Gasteiger partial charge is 0.437 e. The Balaban J connectivity index is 2.16. The molecule has 0 fully saturated rings. The molecule has 0 aliphatic carbocycles. The van der Waals surface area contributed by atoms with E-state index in [2.05, 4.69) is 15.3 Å². The van der Waals surface area contributed by atoms with Crippen molar-refractivity contribution >= 4 is 17.4 Å². The molecule has 82 valence electrons. The van der Waals surface area contributed by atoms with E-state index >= 15 is 0 Å². The van der Waals surface area contributed by atoms with Crippen molar-refractivity contribution in [3.8, 4) is 11.6 Å².